The first kappa shape index (κ1) is 17.8. The number of aromatic nitrogens is 4. The molecule has 3 rings (SSSR count). The lowest BCUT2D eigenvalue weighted by atomic mass is 10.0. The van der Waals surface area contributed by atoms with E-state index in [1.807, 2.05) is 49.4 Å². The molecular formula is C20H23N5O. The number of para-hydroxylation sites is 1. The highest BCUT2D eigenvalue weighted by Gasteiger charge is 2.13. The van der Waals surface area contributed by atoms with E-state index in [4.69, 9.17) is 0 Å². The van der Waals surface area contributed by atoms with Gasteiger partial charge in [0.2, 0.25) is 11.7 Å². The van der Waals surface area contributed by atoms with Gasteiger partial charge in [0, 0.05) is 11.3 Å². The molecule has 1 heterocycles. The van der Waals surface area contributed by atoms with Crippen molar-refractivity contribution in [3.8, 4) is 11.4 Å². The molecule has 0 aliphatic rings. The van der Waals surface area contributed by atoms with Crippen LogP contribution in [0.25, 0.3) is 11.4 Å². The summed E-state index contributed by atoms with van der Waals surface area (Å²) < 4.78 is 0. The number of benzene rings is 2. The number of hydrogen-bond acceptors (Lipinski definition) is 4. The van der Waals surface area contributed by atoms with Crippen LogP contribution in [0.15, 0.2) is 42.5 Å². The number of nitrogens with one attached hydrogen (secondary N) is 1. The van der Waals surface area contributed by atoms with E-state index in [2.05, 4.69) is 34.6 Å². The molecule has 3 aromatic rings. The monoisotopic (exact) mass is 349 g/mol. The SMILES string of the molecule is CCc1cccc(CC)c1NC(=O)Cn1nnc(-c2ccccc2C)n1. The van der Waals surface area contributed by atoms with E-state index in [-0.39, 0.29) is 12.5 Å². The fourth-order valence-electron chi connectivity index (χ4n) is 2.95. The van der Waals surface area contributed by atoms with Crippen molar-refractivity contribution in [1.29, 1.82) is 0 Å². The molecule has 0 atom stereocenters. The lowest BCUT2D eigenvalue weighted by Crippen LogP contribution is -2.22. The molecule has 0 saturated carbocycles. The van der Waals surface area contributed by atoms with Crippen LogP contribution in [0.2, 0.25) is 0 Å². The number of rotatable bonds is 6. The Morgan fingerprint density at radius 3 is 2.38 bits per heavy atom. The maximum atomic E-state index is 12.5. The molecule has 2 aromatic carbocycles. The van der Waals surface area contributed by atoms with Crippen LogP contribution < -0.4 is 5.32 Å². The average Bonchev–Trinajstić information content (AvgIpc) is 3.10. The molecule has 134 valence electrons. The second-order valence-corrected chi connectivity index (χ2v) is 6.16. The fraction of sp³-hybridized carbons (Fsp3) is 0.300. The van der Waals surface area contributed by atoms with Gasteiger partial charge in [0.1, 0.15) is 6.54 Å². The number of amides is 1. The molecule has 0 aliphatic carbocycles. The van der Waals surface area contributed by atoms with E-state index in [9.17, 15) is 4.79 Å². The summed E-state index contributed by atoms with van der Waals surface area (Å²) >= 11 is 0. The van der Waals surface area contributed by atoms with Crippen LogP contribution >= 0.6 is 0 Å². The molecule has 0 aliphatic heterocycles. The van der Waals surface area contributed by atoms with E-state index < -0.39 is 0 Å². The predicted octanol–water partition coefficient (Wildman–Crippen LogP) is 3.41. The number of nitrogens with zero attached hydrogens (tertiary/aromatic N) is 4. The van der Waals surface area contributed by atoms with Gasteiger partial charge >= 0.3 is 0 Å². The molecule has 1 amide bonds. The van der Waals surface area contributed by atoms with E-state index in [1.54, 1.807) is 0 Å². The number of carbonyl (C=O) groups excluding carboxylic acids is 1. The van der Waals surface area contributed by atoms with Crippen LogP contribution in [-0.4, -0.2) is 26.1 Å². The maximum Gasteiger partial charge on any atom is 0.248 e. The minimum absolute atomic E-state index is 0.0279. The van der Waals surface area contributed by atoms with Gasteiger partial charge in [0.05, 0.1) is 0 Å². The molecule has 0 unspecified atom stereocenters. The lowest BCUT2D eigenvalue weighted by molar-refractivity contribution is -0.117. The summed E-state index contributed by atoms with van der Waals surface area (Å²) in [5.74, 6) is 0.369. The zero-order valence-corrected chi connectivity index (χ0v) is 15.4. The Balaban J connectivity index is 1.75. The minimum atomic E-state index is -0.158. The van der Waals surface area contributed by atoms with Gasteiger partial charge < -0.3 is 5.32 Å². The van der Waals surface area contributed by atoms with Crippen molar-refractivity contribution < 1.29 is 4.79 Å². The summed E-state index contributed by atoms with van der Waals surface area (Å²) in [5, 5.41) is 15.5. The Morgan fingerprint density at radius 2 is 1.73 bits per heavy atom. The van der Waals surface area contributed by atoms with Crippen molar-refractivity contribution in [2.75, 3.05) is 5.32 Å². The first-order valence-corrected chi connectivity index (χ1v) is 8.86. The summed E-state index contributed by atoms with van der Waals surface area (Å²) in [5.41, 5.74) is 5.15. The first-order valence-electron chi connectivity index (χ1n) is 8.86. The van der Waals surface area contributed by atoms with Crippen LogP contribution in [-0.2, 0) is 24.2 Å². The molecule has 0 radical (unpaired) electrons. The van der Waals surface area contributed by atoms with Crippen LogP contribution in [0.3, 0.4) is 0 Å². The van der Waals surface area contributed by atoms with Crippen molar-refractivity contribution in [2.45, 2.75) is 40.2 Å². The summed E-state index contributed by atoms with van der Waals surface area (Å²) in [6.45, 7) is 6.19. The third-order valence-electron chi connectivity index (χ3n) is 4.39. The van der Waals surface area contributed by atoms with Crippen molar-refractivity contribution in [2.24, 2.45) is 0 Å². The Hall–Kier alpha value is -3.02. The number of hydrogen-bond donors (Lipinski definition) is 1. The first-order chi connectivity index (χ1) is 12.6. The lowest BCUT2D eigenvalue weighted by Gasteiger charge is -2.14. The highest BCUT2D eigenvalue weighted by molar-refractivity contribution is 5.92. The van der Waals surface area contributed by atoms with Crippen LogP contribution in [0.4, 0.5) is 5.69 Å². The highest BCUT2D eigenvalue weighted by Crippen LogP contribution is 2.22. The van der Waals surface area contributed by atoms with Gasteiger partial charge in [-0.3, -0.25) is 4.79 Å². The van der Waals surface area contributed by atoms with E-state index in [1.165, 1.54) is 4.80 Å². The minimum Gasteiger partial charge on any atom is -0.324 e. The predicted molar refractivity (Wildman–Crippen MR) is 102 cm³/mol. The van der Waals surface area contributed by atoms with Crippen molar-refractivity contribution in [3.05, 3.63) is 59.2 Å². The van der Waals surface area contributed by atoms with Gasteiger partial charge in [-0.05, 0) is 41.7 Å². The van der Waals surface area contributed by atoms with Gasteiger partial charge in [0.15, 0.2) is 0 Å². The summed E-state index contributed by atoms with van der Waals surface area (Å²) in [4.78, 5) is 13.8. The van der Waals surface area contributed by atoms with E-state index in [0.29, 0.717) is 5.82 Å². The Bertz CT molecular complexity index is 894. The molecule has 0 saturated heterocycles. The number of anilines is 1. The number of tetrazole rings is 1. The summed E-state index contributed by atoms with van der Waals surface area (Å²) in [6.07, 6.45) is 1.73. The molecular weight excluding hydrogens is 326 g/mol. The molecule has 0 fully saturated rings. The molecule has 26 heavy (non-hydrogen) atoms. The second kappa shape index (κ2) is 7.91. The Kier molecular flexibility index (Phi) is 5.41. The van der Waals surface area contributed by atoms with E-state index >= 15 is 0 Å². The Morgan fingerprint density at radius 1 is 1.04 bits per heavy atom. The number of aryl methyl sites for hydroxylation is 3. The maximum absolute atomic E-state index is 12.5. The highest BCUT2D eigenvalue weighted by atomic mass is 16.2. The third-order valence-corrected chi connectivity index (χ3v) is 4.39. The summed E-state index contributed by atoms with van der Waals surface area (Å²) in [7, 11) is 0. The average molecular weight is 349 g/mol. The van der Waals surface area contributed by atoms with Gasteiger partial charge in [-0.15, -0.1) is 10.2 Å². The Labute approximate surface area is 153 Å². The molecule has 0 spiro atoms. The van der Waals surface area contributed by atoms with Crippen molar-refractivity contribution in [3.63, 3.8) is 0 Å². The smallest absolute Gasteiger partial charge is 0.248 e. The van der Waals surface area contributed by atoms with Crippen LogP contribution in [0.1, 0.15) is 30.5 Å². The van der Waals surface area contributed by atoms with Crippen LogP contribution in [0.5, 0.6) is 0 Å². The second-order valence-electron chi connectivity index (χ2n) is 6.16. The largest absolute Gasteiger partial charge is 0.324 e. The topological polar surface area (TPSA) is 72.7 Å². The zero-order valence-electron chi connectivity index (χ0n) is 15.4. The standard InChI is InChI=1S/C20H23N5O/c1-4-15-10-8-11-16(5-2)19(15)21-18(26)13-25-23-20(22-24-25)17-12-7-6-9-14(17)3/h6-12H,4-5,13H2,1-3H3,(H,21,26). The normalized spacial score (nSPS) is 10.7. The quantitative estimate of drug-likeness (QED) is 0.740. The summed E-state index contributed by atoms with van der Waals surface area (Å²) in [6, 6.07) is 14.0. The van der Waals surface area contributed by atoms with Gasteiger partial charge in [0.25, 0.3) is 0 Å². The van der Waals surface area contributed by atoms with Crippen molar-refractivity contribution >= 4 is 11.6 Å². The van der Waals surface area contributed by atoms with Crippen molar-refractivity contribution in [1.82, 2.24) is 20.2 Å². The molecule has 0 bridgehead atoms. The molecule has 6 heteroatoms. The van der Waals surface area contributed by atoms with Crippen LogP contribution in [0, 0.1) is 6.92 Å². The molecule has 1 N–H and O–H groups in total. The third kappa shape index (κ3) is 3.79. The van der Waals surface area contributed by atoms with Gasteiger partial charge in [-0.2, -0.15) is 4.80 Å². The number of carbonyl (C=O) groups is 1. The zero-order chi connectivity index (χ0) is 18.5. The fourth-order valence-corrected chi connectivity index (χ4v) is 2.95. The van der Waals surface area contributed by atoms with E-state index in [0.717, 1.165) is 40.8 Å². The molecule has 1 aromatic heterocycles. The van der Waals surface area contributed by atoms with Gasteiger partial charge in [-0.1, -0.05) is 56.3 Å². The van der Waals surface area contributed by atoms with Gasteiger partial charge in [-0.25, -0.2) is 0 Å². The molecule has 6 nitrogen and oxygen atoms in total.